The zero-order chi connectivity index (χ0) is 16.8. The summed E-state index contributed by atoms with van der Waals surface area (Å²) in [5.74, 6) is 0.127. The fourth-order valence-corrected chi connectivity index (χ4v) is 3.48. The van der Waals surface area contributed by atoms with Crippen molar-refractivity contribution in [3.63, 3.8) is 0 Å². The van der Waals surface area contributed by atoms with Gasteiger partial charge in [0.25, 0.3) is 0 Å². The van der Waals surface area contributed by atoms with Crippen LogP contribution in [0.2, 0.25) is 0 Å². The molecule has 9 heteroatoms. The lowest BCUT2D eigenvalue weighted by Gasteiger charge is -2.33. The second-order valence-electron chi connectivity index (χ2n) is 6.14. The molecule has 24 heavy (non-hydrogen) atoms. The smallest absolute Gasteiger partial charge is 0.373 e. The second kappa shape index (κ2) is 5.53. The van der Waals surface area contributed by atoms with Crippen LogP contribution in [0.25, 0.3) is 5.65 Å². The fourth-order valence-electron chi connectivity index (χ4n) is 3.48. The first-order valence-electron chi connectivity index (χ1n) is 7.79. The van der Waals surface area contributed by atoms with Crippen molar-refractivity contribution in [3.8, 4) is 0 Å². The van der Waals surface area contributed by atoms with E-state index in [-0.39, 0.29) is 18.0 Å². The molecule has 0 saturated carbocycles. The number of nitro groups is 1. The highest BCUT2D eigenvalue weighted by Gasteiger charge is 2.41. The van der Waals surface area contributed by atoms with E-state index in [9.17, 15) is 14.9 Å². The first kappa shape index (κ1) is 15.0. The molecule has 2 saturated heterocycles. The Hall–Kier alpha value is -2.52. The molecule has 0 amide bonds. The van der Waals surface area contributed by atoms with Crippen molar-refractivity contribution in [3.05, 3.63) is 44.9 Å². The Kier molecular flexibility index (Phi) is 3.47. The number of nitrogens with zero attached hydrogens (tertiary/aromatic N) is 5. The molecule has 2 aliphatic rings. The molecule has 2 fully saturated rings. The van der Waals surface area contributed by atoms with Gasteiger partial charge in [-0.05, 0) is 19.2 Å². The molecule has 0 aromatic carbocycles. The molecule has 2 unspecified atom stereocenters. The van der Waals surface area contributed by atoms with Crippen molar-refractivity contribution in [2.75, 3.05) is 38.2 Å². The zero-order valence-electron chi connectivity index (χ0n) is 13.2. The van der Waals surface area contributed by atoms with Gasteiger partial charge in [-0.2, -0.15) is 0 Å². The maximum absolute atomic E-state index is 12.5. The third-order valence-electron chi connectivity index (χ3n) is 4.75. The molecule has 9 nitrogen and oxygen atoms in total. The topological polar surface area (TPSA) is 93.2 Å². The number of likely N-dealkylation sites (N-methyl/N-ethyl adjacent to an activating group) is 1. The van der Waals surface area contributed by atoms with Gasteiger partial charge in [0.15, 0.2) is 0 Å². The highest BCUT2D eigenvalue weighted by molar-refractivity contribution is 5.62. The number of aromatic nitrogens is 2. The molecule has 0 spiro atoms. The molecule has 0 N–H and O–H groups in total. The van der Waals surface area contributed by atoms with Crippen LogP contribution in [0.4, 0.5) is 11.5 Å². The van der Waals surface area contributed by atoms with E-state index in [1.54, 1.807) is 23.1 Å². The minimum atomic E-state index is -0.662. The Morgan fingerprint density at radius 2 is 2.21 bits per heavy atom. The van der Waals surface area contributed by atoms with Gasteiger partial charge in [0.05, 0.1) is 23.7 Å². The molecule has 0 bridgehead atoms. The minimum absolute atomic E-state index is 0.0284. The van der Waals surface area contributed by atoms with Gasteiger partial charge in [-0.15, -0.1) is 0 Å². The van der Waals surface area contributed by atoms with Gasteiger partial charge < -0.3 is 9.64 Å². The van der Waals surface area contributed by atoms with Gasteiger partial charge in [-0.1, -0.05) is 6.07 Å². The van der Waals surface area contributed by atoms with Crippen LogP contribution in [0.5, 0.6) is 0 Å². The summed E-state index contributed by atoms with van der Waals surface area (Å²) in [6.45, 7) is 2.51. The first-order valence-corrected chi connectivity index (χ1v) is 7.79. The summed E-state index contributed by atoms with van der Waals surface area (Å²) < 4.78 is 6.98. The summed E-state index contributed by atoms with van der Waals surface area (Å²) in [6.07, 6.45) is 1.46. The van der Waals surface area contributed by atoms with E-state index in [4.69, 9.17) is 4.74 Å². The molecule has 2 aromatic heterocycles. The normalized spacial score (nSPS) is 24.3. The van der Waals surface area contributed by atoms with E-state index < -0.39 is 16.2 Å². The molecule has 4 heterocycles. The van der Waals surface area contributed by atoms with Crippen LogP contribution in [0.15, 0.2) is 29.2 Å². The lowest BCUT2D eigenvalue weighted by molar-refractivity contribution is -0.385. The molecule has 126 valence electrons. The number of hydrogen-bond donors (Lipinski definition) is 0. The van der Waals surface area contributed by atoms with Gasteiger partial charge in [-0.3, -0.25) is 24.2 Å². The first-order chi connectivity index (χ1) is 11.6. The average Bonchev–Trinajstić information content (AvgIpc) is 3.00. The van der Waals surface area contributed by atoms with E-state index in [1.807, 2.05) is 7.05 Å². The van der Waals surface area contributed by atoms with Gasteiger partial charge in [-0.25, -0.2) is 4.98 Å². The summed E-state index contributed by atoms with van der Waals surface area (Å²) in [6, 6.07) is 5.21. The van der Waals surface area contributed by atoms with Crippen LogP contribution in [-0.2, 0) is 4.74 Å². The Labute approximate surface area is 137 Å². The Balaban J connectivity index is 1.83. The summed E-state index contributed by atoms with van der Waals surface area (Å²) in [4.78, 5) is 31.8. The minimum Gasteiger partial charge on any atom is -0.373 e. The van der Waals surface area contributed by atoms with Crippen molar-refractivity contribution in [1.29, 1.82) is 0 Å². The van der Waals surface area contributed by atoms with Crippen LogP contribution in [-0.4, -0.2) is 64.6 Å². The summed E-state index contributed by atoms with van der Waals surface area (Å²) in [5, 5.41) is 11.5. The SMILES string of the molecule is CN1CCOC2CN(c3nc4ccccn4c(=O)c3[N+](=O)[O-])CC21. The number of ether oxygens (including phenoxy) is 1. The predicted molar refractivity (Wildman–Crippen MR) is 86.5 cm³/mol. The Morgan fingerprint density at radius 3 is 2.96 bits per heavy atom. The number of morpholine rings is 1. The van der Waals surface area contributed by atoms with Crippen molar-refractivity contribution < 1.29 is 9.66 Å². The van der Waals surface area contributed by atoms with E-state index in [1.165, 1.54) is 10.6 Å². The Morgan fingerprint density at radius 1 is 1.38 bits per heavy atom. The lowest BCUT2D eigenvalue weighted by atomic mass is 10.1. The van der Waals surface area contributed by atoms with Crippen molar-refractivity contribution in [2.24, 2.45) is 0 Å². The molecule has 0 aliphatic carbocycles. The van der Waals surface area contributed by atoms with Crippen molar-refractivity contribution >= 4 is 17.2 Å². The van der Waals surface area contributed by atoms with Crippen LogP contribution in [0.1, 0.15) is 0 Å². The highest BCUT2D eigenvalue weighted by Crippen LogP contribution is 2.30. The maximum Gasteiger partial charge on any atom is 0.376 e. The summed E-state index contributed by atoms with van der Waals surface area (Å²) >= 11 is 0. The van der Waals surface area contributed by atoms with E-state index in [0.717, 1.165) is 6.54 Å². The number of anilines is 1. The van der Waals surface area contributed by atoms with Crippen LogP contribution in [0, 0.1) is 10.1 Å². The Bertz CT molecular complexity index is 867. The summed E-state index contributed by atoms with van der Waals surface area (Å²) in [5.41, 5.74) is -0.753. The molecular formula is C15H17N5O4. The molecule has 2 atom stereocenters. The lowest BCUT2D eigenvalue weighted by Crippen LogP contribution is -2.48. The van der Waals surface area contributed by atoms with Crippen LogP contribution in [0.3, 0.4) is 0 Å². The zero-order valence-corrected chi connectivity index (χ0v) is 13.2. The highest BCUT2D eigenvalue weighted by atomic mass is 16.6. The third-order valence-corrected chi connectivity index (χ3v) is 4.75. The van der Waals surface area contributed by atoms with Crippen LogP contribution >= 0.6 is 0 Å². The van der Waals surface area contributed by atoms with Gasteiger partial charge in [0, 0.05) is 25.8 Å². The quantitative estimate of drug-likeness (QED) is 0.570. The number of rotatable bonds is 2. The molecule has 2 aromatic rings. The third kappa shape index (κ3) is 2.24. The number of pyridine rings is 1. The summed E-state index contributed by atoms with van der Waals surface area (Å²) in [7, 11) is 2.01. The molecule has 2 aliphatic heterocycles. The van der Waals surface area contributed by atoms with Gasteiger partial charge in [0.1, 0.15) is 5.65 Å². The average molecular weight is 331 g/mol. The standard InChI is InChI=1S/C15H17N5O4/c1-17-6-7-24-11-9-18(8-10(11)17)14-13(20(22)23)15(21)19-5-3-2-4-12(19)16-14/h2-5,10-11H,6-9H2,1H3. The van der Waals surface area contributed by atoms with Gasteiger partial charge in [0.2, 0.25) is 5.82 Å². The van der Waals surface area contributed by atoms with Gasteiger partial charge >= 0.3 is 11.2 Å². The number of hydrogen-bond acceptors (Lipinski definition) is 7. The predicted octanol–water partition coefficient (Wildman–Crippen LogP) is 0.122. The van der Waals surface area contributed by atoms with Crippen LogP contribution < -0.4 is 10.5 Å². The van der Waals surface area contributed by atoms with Crippen molar-refractivity contribution in [1.82, 2.24) is 14.3 Å². The fraction of sp³-hybridized carbons (Fsp3) is 0.467. The largest absolute Gasteiger partial charge is 0.376 e. The van der Waals surface area contributed by atoms with E-state index >= 15 is 0 Å². The monoisotopic (exact) mass is 331 g/mol. The molecule has 0 radical (unpaired) electrons. The maximum atomic E-state index is 12.5. The molecular weight excluding hydrogens is 314 g/mol. The van der Waals surface area contributed by atoms with E-state index in [2.05, 4.69) is 9.88 Å². The van der Waals surface area contributed by atoms with E-state index in [0.29, 0.717) is 25.3 Å². The number of fused-ring (bicyclic) bond motifs is 2. The van der Waals surface area contributed by atoms with Crippen molar-refractivity contribution in [2.45, 2.75) is 12.1 Å². The molecule has 4 rings (SSSR count). The second-order valence-corrected chi connectivity index (χ2v) is 6.14.